The highest BCUT2D eigenvalue weighted by molar-refractivity contribution is 5.93. The zero-order valence-electron chi connectivity index (χ0n) is 11.1. The van der Waals surface area contributed by atoms with Crippen LogP contribution in [0.3, 0.4) is 0 Å². The molecule has 0 aliphatic heterocycles. The van der Waals surface area contributed by atoms with Crippen molar-refractivity contribution in [2.75, 3.05) is 12.3 Å². The molecule has 4 heteroatoms. The fourth-order valence-electron chi connectivity index (χ4n) is 1.94. The number of benzene rings is 2. The molecule has 0 radical (unpaired) electrons. The number of anilines is 1. The van der Waals surface area contributed by atoms with Gasteiger partial charge in [-0.2, -0.15) is 0 Å². The summed E-state index contributed by atoms with van der Waals surface area (Å²) in [6.45, 7) is 0.570. The summed E-state index contributed by atoms with van der Waals surface area (Å²) in [6, 6.07) is 14.8. The minimum Gasteiger partial charge on any atom is -0.494 e. The number of ether oxygens (including phenoxy) is 1. The number of nitrogen functional groups attached to an aromatic ring is 1. The molecule has 3 N–H and O–H groups in total. The van der Waals surface area contributed by atoms with E-state index in [1.54, 1.807) is 12.1 Å². The summed E-state index contributed by atoms with van der Waals surface area (Å²) in [5.41, 5.74) is 7.25. The minimum atomic E-state index is -1.03. The Kier molecular flexibility index (Phi) is 4.60. The lowest BCUT2D eigenvalue weighted by molar-refractivity contribution is 0.0698. The van der Waals surface area contributed by atoms with E-state index in [0.29, 0.717) is 12.4 Å². The summed E-state index contributed by atoms with van der Waals surface area (Å²) < 4.78 is 5.57. The molecule has 0 unspecified atom stereocenters. The first kappa shape index (κ1) is 13.9. The maximum atomic E-state index is 10.8. The van der Waals surface area contributed by atoms with Gasteiger partial charge in [0.2, 0.25) is 0 Å². The van der Waals surface area contributed by atoms with Crippen LogP contribution in [0.1, 0.15) is 22.3 Å². The van der Waals surface area contributed by atoms with Crippen molar-refractivity contribution in [3.05, 3.63) is 59.7 Å². The molecular weight excluding hydrogens is 254 g/mol. The van der Waals surface area contributed by atoms with Gasteiger partial charge >= 0.3 is 5.97 Å². The number of carboxylic acid groups (broad SMARTS) is 1. The van der Waals surface area contributed by atoms with Gasteiger partial charge in [0.25, 0.3) is 0 Å². The molecular formula is C16H17NO3. The number of rotatable bonds is 6. The van der Waals surface area contributed by atoms with E-state index in [0.717, 1.165) is 12.8 Å². The van der Waals surface area contributed by atoms with Crippen molar-refractivity contribution in [2.24, 2.45) is 0 Å². The first-order chi connectivity index (χ1) is 9.66. The van der Waals surface area contributed by atoms with Crippen molar-refractivity contribution in [3.63, 3.8) is 0 Å². The third-order valence-electron chi connectivity index (χ3n) is 2.97. The van der Waals surface area contributed by atoms with E-state index >= 15 is 0 Å². The zero-order chi connectivity index (χ0) is 14.4. The van der Waals surface area contributed by atoms with Gasteiger partial charge in [0.05, 0.1) is 12.2 Å². The van der Waals surface area contributed by atoms with E-state index in [-0.39, 0.29) is 11.3 Å². The molecule has 2 rings (SSSR count). The number of nitrogens with two attached hydrogens (primary N) is 1. The Balaban J connectivity index is 1.83. The molecule has 0 bridgehead atoms. The van der Waals surface area contributed by atoms with Crippen molar-refractivity contribution in [2.45, 2.75) is 12.8 Å². The van der Waals surface area contributed by atoms with Crippen LogP contribution in [0.5, 0.6) is 5.75 Å². The third-order valence-corrected chi connectivity index (χ3v) is 2.97. The standard InChI is InChI=1S/C16H17NO3/c17-15-11-13(8-9-14(15)16(18)19)20-10-4-7-12-5-2-1-3-6-12/h1-3,5-6,8-9,11H,4,7,10,17H2,(H,18,19). The molecule has 2 aromatic rings. The van der Waals surface area contributed by atoms with Crippen LogP contribution in [0, 0.1) is 0 Å². The normalized spacial score (nSPS) is 10.2. The Bertz CT molecular complexity index is 582. The fourth-order valence-corrected chi connectivity index (χ4v) is 1.94. The van der Waals surface area contributed by atoms with Crippen molar-refractivity contribution in [3.8, 4) is 5.75 Å². The highest BCUT2D eigenvalue weighted by Gasteiger charge is 2.08. The maximum Gasteiger partial charge on any atom is 0.337 e. The summed E-state index contributed by atoms with van der Waals surface area (Å²) in [4.78, 5) is 10.8. The second-order valence-corrected chi connectivity index (χ2v) is 4.49. The van der Waals surface area contributed by atoms with Gasteiger partial charge in [-0.1, -0.05) is 30.3 Å². The van der Waals surface area contributed by atoms with Crippen molar-refractivity contribution in [1.29, 1.82) is 0 Å². The number of hydrogen-bond acceptors (Lipinski definition) is 3. The summed E-state index contributed by atoms with van der Waals surface area (Å²) in [5, 5.41) is 8.88. The number of carbonyl (C=O) groups is 1. The monoisotopic (exact) mass is 271 g/mol. The molecule has 0 aromatic heterocycles. The Morgan fingerprint density at radius 2 is 1.90 bits per heavy atom. The zero-order valence-corrected chi connectivity index (χ0v) is 11.1. The van der Waals surface area contributed by atoms with Crippen molar-refractivity contribution >= 4 is 11.7 Å². The van der Waals surface area contributed by atoms with Crippen LogP contribution in [0.25, 0.3) is 0 Å². The Hall–Kier alpha value is -2.49. The molecule has 0 aliphatic carbocycles. The van der Waals surface area contributed by atoms with Gasteiger partial charge in [-0.3, -0.25) is 0 Å². The predicted octanol–water partition coefficient (Wildman–Crippen LogP) is 2.98. The molecule has 4 nitrogen and oxygen atoms in total. The lowest BCUT2D eigenvalue weighted by Crippen LogP contribution is -2.04. The van der Waals surface area contributed by atoms with Crippen LogP contribution < -0.4 is 10.5 Å². The largest absolute Gasteiger partial charge is 0.494 e. The van der Waals surface area contributed by atoms with Gasteiger partial charge in [-0.05, 0) is 30.5 Å². The maximum absolute atomic E-state index is 10.8. The van der Waals surface area contributed by atoms with Crippen LogP contribution in [0.2, 0.25) is 0 Å². The van der Waals surface area contributed by atoms with Crippen molar-refractivity contribution < 1.29 is 14.6 Å². The van der Waals surface area contributed by atoms with Crippen LogP contribution in [0.4, 0.5) is 5.69 Å². The van der Waals surface area contributed by atoms with E-state index < -0.39 is 5.97 Å². The second kappa shape index (κ2) is 6.61. The summed E-state index contributed by atoms with van der Waals surface area (Å²) in [6.07, 6.45) is 1.84. The average molecular weight is 271 g/mol. The first-order valence-corrected chi connectivity index (χ1v) is 6.46. The first-order valence-electron chi connectivity index (χ1n) is 6.46. The van der Waals surface area contributed by atoms with Gasteiger partial charge in [0, 0.05) is 11.8 Å². The molecule has 2 aromatic carbocycles. The SMILES string of the molecule is Nc1cc(OCCCc2ccccc2)ccc1C(=O)O. The van der Waals surface area contributed by atoms with Gasteiger partial charge in [0.15, 0.2) is 0 Å². The topological polar surface area (TPSA) is 72.5 Å². The molecule has 0 fully saturated rings. The molecule has 0 heterocycles. The van der Waals surface area contributed by atoms with E-state index in [1.807, 2.05) is 18.2 Å². The molecule has 0 saturated heterocycles. The average Bonchev–Trinajstić information content (AvgIpc) is 2.44. The van der Waals surface area contributed by atoms with Crippen LogP contribution in [0.15, 0.2) is 48.5 Å². The third kappa shape index (κ3) is 3.75. The van der Waals surface area contributed by atoms with Gasteiger partial charge < -0.3 is 15.6 Å². The highest BCUT2D eigenvalue weighted by Crippen LogP contribution is 2.20. The van der Waals surface area contributed by atoms with Crippen LogP contribution in [-0.4, -0.2) is 17.7 Å². The molecule has 0 amide bonds. The highest BCUT2D eigenvalue weighted by atomic mass is 16.5. The van der Waals surface area contributed by atoms with E-state index in [2.05, 4.69) is 12.1 Å². The second-order valence-electron chi connectivity index (χ2n) is 4.49. The molecule has 104 valence electrons. The Morgan fingerprint density at radius 3 is 2.55 bits per heavy atom. The van der Waals surface area contributed by atoms with E-state index in [9.17, 15) is 4.79 Å². The van der Waals surface area contributed by atoms with Gasteiger partial charge in [-0.25, -0.2) is 4.79 Å². The minimum absolute atomic E-state index is 0.0987. The molecule has 0 aliphatic rings. The molecule has 0 atom stereocenters. The lowest BCUT2D eigenvalue weighted by Gasteiger charge is -2.08. The van der Waals surface area contributed by atoms with E-state index in [1.165, 1.54) is 11.6 Å². The van der Waals surface area contributed by atoms with Gasteiger partial charge in [-0.15, -0.1) is 0 Å². The van der Waals surface area contributed by atoms with Gasteiger partial charge in [0.1, 0.15) is 5.75 Å². The molecule has 0 saturated carbocycles. The summed E-state index contributed by atoms with van der Waals surface area (Å²) in [5.74, 6) is -0.432. The molecule has 20 heavy (non-hydrogen) atoms. The van der Waals surface area contributed by atoms with E-state index in [4.69, 9.17) is 15.6 Å². The fraction of sp³-hybridized carbons (Fsp3) is 0.188. The number of carboxylic acids is 1. The number of aromatic carboxylic acids is 1. The Labute approximate surface area is 117 Å². The number of aryl methyl sites for hydroxylation is 1. The predicted molar refractivity (Wildman–Crippen MR) is 78.1 cm³/mol. The summed E-state index contributed by atoms with van der Waals surface area (Å²) >= 11 is 0. The van der Waals surface area contributed by atoms with Crippen LogP contribution in [-0.2, 0) is 6.42 Å². The summed E-state index contributed by atoms with van der Waals surface area (Å²) in [7, 11) is 0. The Morgan fingerprint density at radius 1 is 1.15 bits per heavy atom. The lowest BCUT2D eigenvalue weighted by atomic mass is 10.1. The smallest absolute Gasteiger partial charge is 0.337 e. The van der Waals surface area contributed by atoms with Crippen molar-refractivity contribution in [1.82, 2.24) is 0 Å². The number of hydrogen-bond donors (Lipinski definition) is 2. The quantitative estimate of drug-likeness (QED) is 0.625. The molecule has 0 spiro atoms. The van der Waals surface area contributed by atoms with Crippen LogP contribution >= 0.6 is 0 Å².